The van der Waals surface area contributed by atoms with Gasteiger partial charge in [0.05, 0.1) is 4.90 Å². The van der Waals surface area contributed by atoms with E-state index in [1.165, 1.54) is 0 Å². The summed E-state index contributed by atoms with van der Waals surface area (Å²) in [5, 5.41) is 0.0785. The van der Waals surface area contributed by atoms with E-state index in [1.807, 2.05) is 0 Å². The van der Waals surface area contributed by atoms with Crippen molar-refractivity contribution in [2.75, 3.05) is 0 Å². The Balaban J connectivity index is 2.12. The quantitative estimate of drug-likeness (QED) is 0.857. The highest BCUT2D eigenvalue weighted by molar-refractivity contribution is 9.10. The van der Waals surface area contributed by atoms with Gasteiger partial charge in [0.2, 0.25) is 14.9 Å². The highest BCUT2D eigenvalue weighted by atomic mass is 79.9. The van der Waals surface area contributed by atoms with E-state index in [0.29, 0.717) is 11.7 Å². The van der Waals surface area contributed by atoms with Gasteiger partial charge in [-0.15, -0.1) is 0 Å². The first-order valence-corrected chi connectivity index (χ1v) is 8.24. The fourth-order valence-electron chi connectivity index (χ4n) is 1.95. The standard InChI is InChI=1S/C13H12BrNO3S/c1-8-15-13(12(18-8)9-2-3-9)19(16,17)11-6-4-10(14)5-7-11/h4-7,9H,2-3H2,1H3. The van der Waals surface area contributed by atoms with Crippen LogP contribution in [0.1, 0.15) is 30.4 Å². The second-order valence-electron chi connectivity index (χ2n) is 4.63. The first-order valence-electron chi connectivity index (χ1n) is 5.96. The number of oxazole rings is 1. The fourth-order valence-corrected chi connectivity index (χ4v) is 3.65. The predicted molar refractivity (Wildman–Crippen MR) is 72.8 cm³/mol. The normalized spacial score (nSPS) is 15.7. The molecule has 0 saturated heterocycles. The summed E-state index contributed by atoms with van der Waals surface area (Å²) >= 11 is 3.29. The summed E-state index contributed by atoms with van der Waals surface area (Å²) < 4.78 is 31.5. The van der Waals surface area contributed by atoms with Gasteiger partial charge < -0.3 is 4.42 Å². The minimum Gasteiger partial charge on any atom is -0.444 e. The minimum atomic E-state index is -3.60. The summed E-state index contributed by atoms with van der Waals surface area (Å²) in [5.41, 5.74) is 0. The van der Waals surface area contributed by atoms with E-state index in [1.54, 1.807) is 31.2 Å². The van der Waals surface area contributed by atoms with Crippen LogP contribution in [0.15, 0.2) is 43.1 Å². The Morgan fingerprint density at radius 3 is 2.47 bits per heavy atom. The molecule has 1 aliphatic carbocycles. The van der Waals surface area contributed by atoms with Crippen LogP contribution in [0.2, 0.25) is 0 Å². The van der Waals surface area contributed by atoms with E-state index < -0.39 is 9.84 Å². The van der Waals surface area contributed by atoms with Crippen LogP contribution in [0, 0.1) is 6.92 Å². The average molecular weight is 342 g/mol. The monoisotopic (exact) mass is 341 g/mol. The molecule has 1 aromatic carbocycles. The maximum atomic E-state index is 12.6. The summed E-state index contributed by atoms with van der Waals surface area (Å²) in [5.74, 6) is 1.12. The molecule has 0 atom stereocenters. The van der Waals surface area contributed by atoms with Crippen LogP contribution in [0.5, 0.6) is 0 Å². The molecule has 0 bridgehead atoms. The third-order valence-electron chi connectivity index (χ3n) is 3.05. The lowest BCUT2D eigenvalue weighted by molar-refractivity contribution is 0.471. The fraction of sp³-hybridized carbons (Fsp3) is 0.308. The second kappa shape index (κ2) is 4.45. The molecule has 1 saturated carbocycles. The number of aryl methyl sites for hydroxylation is 1. The first-order chi connectivity index (χ1) is 8.98. The second-order valence-corrected chi connectivity index (χ2v) is 7.41. The topological polar surface area (TPSA) is 60.2 Å². The van der Waals surface area contributed by atoms with Crippen molar-refractivity contribution < 1.29 is 12.8 Å². The third kappa shape index (κ3) is 2.34. The highest BCUT2D eigenvalue weighted by Crippen LogP contribution is 2.44. The van der Waals surface area contributed by atoms with Gasteiger partial charge >= 0.3 is 0 Å². The number of sulfone groups is 1. The minimum absolute atomic E-state index is 0.0785. The SMILES string of the molecule is Cc1nc(S(=O)(=O)c2ccc(Br)cc2)c(C2CC2)o1. The highest BCUT2D eigenvalue weighted by Gasteiger charge is 2.36. The summed E-state index contributed by atoms with van der Waals surface area (Å²) in [4.78, 5) is 4.32. The predicted octanol–water partition coefficient (Wildman–Crippen LogP) is 3.46. The number of halogens is 1. The molecule has 0 spiro atoms. The van der Waals surface area contributed by atoms with Gasteiger partial charge in [-0.3, -0.25) is 0 Å². The molecule has 2 aromatic rings. The molecular weight excluding hydrogens is 330 g/mol. The first kappa shape index (κ1) is 12.9. The van der Waals surface area contributed by atoms with Gasteiger partial charge in [-0.1, -0.05) is 15.9 Å². The molecule has 3 rings (SSSR count). The van der Waals surface area contributed by atoms with Crippen molar-refractivity contribution in [2.24, 2.45) is 0 Å². The molecule has 0 N–H and O–H groups in total. The molecule has 1 fully saturated rings. The Hall–Kier alpha value is -1.14. The van der Waals surface area contributed by atoms with Crippen LogP contribution in [-0.2, 0) is 9.84 Å². The van der Waals surface area contributed by atoms with E-state index in [2.05, 4.69) is 20.9 Å². The third-order valence-corrected chi connectivity index (χ3v) is 5.28. The molecule has 4 nitrogen and oxygen atoms in total. The number of nitrogens with zero attached hydrogens (tertiary/aromatic N) is 1. The van der Waals surface area contributed by atoms with Crippen molar-refractivity contribution in [1.82, 2.24) is 4.98 Å². The Labute approximate surface area is 119 Å². The van der Waals surface area contributed by atoms with Crippen LogP contribution in [0.4, 0.5) is 0 Å². The van der Waals surface area contributed by atoms with Crippen LogP contribution < -0.4 is 0 Å². The zero-order chi connectivity index (χ0) is 13.6. The zero-order valence-corrected chi connectivity index (χ0v) is 12.7. The summed E-state index contributed by atoms with van der Waals surface area (Å²) in [6.45, 7) is 1.67. The molecule has 1 aliphatic rings. The summed E-state index contributed by atoms with van der Waals surface area (Å²) in [7, 11) is -3.60. The van der Waals surface area contributed by atoms with Crippen molar-refractivity contribution in [3.63, 3.8) is 0 Å². The Morgan fingerprint density at radius 1 is 1.26 bits per heavy atom. The molecule has 0 radical (unpaired) electrons. The van der Waals surface area contributed by atoms with Crippen LogP contribution >= 0.6 is 15.9 Å². The Bertz CT molecular complexity index is 715. The number of benzene rings is 1. The lowest BCUT2D eigenvalue weighted by Crippen LogP contribution is -2.05. The molecule has 1 heterocycles. The van der Waals surface area contributed by atoms with Crippen LogP contribution in [-0.4, -0.2) is 13.4 Å². The molecular formula is C13H12BrNO3S. The maximum Gasteiger partial charge on any atom is 0.227 e. The van der Waals surface area contributed by atoms with E-state index in [-0.39, 0.29) is 15.8 Å². The number of hydrogen-bond donors (Lipinski definition) is 0. The van der Waals surface area contributed by atoms with Crippen molar-refractivity contribution in [3.05, 3.63) is 40.4 Å². The molecule has 100 valence electrons. The molecule has 6 heteroatoms. The largest absolute Gasteiger partial charge is 0.444 e. The molecule has 0 aliphatic heterocycles. The molecule has 0 unspecified atom stereocenters. The van der Waals surface area contributed by atoms with Gasteiger partial charge in [0.25, 0.3) is 0 Å². The van der Waals surface area contributed by atoms with Gasteiger partial charge in [0, 0.05) is 17.3 Å². The van der Waals surface area contributed by atoms with Gasteiger partial charge in [0.1, 0.15) is 5.76 Å². The van der Waals surface area contributed by atoms with Gasteiger partial charge in [0.15, 0.2) is 5.89 Å². The number of hydrogen-bond acceptors (Lipinski definition) is 4. The van der Waals surface area contributed by atoms with Crippen molar-refractivity contribution >= 4 is 25.8 Å². The van der Waals surface area contributed by atoms with Crippen molar-refractivity contribution in [3.8, 4) is 0 Å². The molecule has 1 aromatic heterocycles. The summed E-state index contributed by atoms with van der Waals surface area (Å²) in [6, 6.07) is 6.55. The lowest BCUT2D eigenvalue weighted by atomic mass is 10.3. The lowest BCUT2D eigenvalue weighted by Gasteiger charge is -2.03. The van der Waals surface area contributed by atoms with Gasteiger partial charge in [-0.2, -0.15) is 0 Å². The van der Waals surface area contributed by atoms with Crippen molar-refractivity contribution in [2.45, 2.75) is 35.6 Å². The summed E-state index contributed by atoms with van der Waals surface area (Å²) in [6.07, 6.45) is 1.94. The van der Waals surface area contributed by atoms with E-state index in [0.717, 1.165) is 17.3 Å². The van der Waals surface area contributed by atoms with Crippen LogP contribution in [0.25, 0.3) is 0 Å². The van der Waals surface area contributed by atoms with Crippen LogP contribution in [0.3, 0.4) is 0 Å². The van der Waals surface area contributed by atoms with Crippen molar-refractivity contribution in [1.29, 1.82) is 0 Å². The number of aromatic nitrogens is 1. The van der Waals surface area contributed by atoms with E-state index in [9.17, 15) is 8.42 Å². The van der Waals surface area contributed by atoms with Gasteiger partial charge in [-0.25, -0.2) is 13.4 Å². The molecule has 0 amide bonds. The smallest absolute Gasteiger partial charge is 0.227 e. The van der Waals surface area contributed by atoms with E-state index in [4.69, 9.17) is 4.42 Å². The Kier molecular flexibility index (Phi) is 3.02. The zero-order valence-electron chi connectivity index (χ0n) is 10.3. The number of rotatable bonds is 3. The van der Waals surface area contributed by atoms with E-state index >= 15 is 0 Å². The maximum absolute atomic E-state index is 12.6. The van der Waals surface area contributed by atoms with Gasteiger partial charge in [-0.05, 0) is 37.1 Å². The average Bonchev–Trinajstić information content (AvgIpc) is 3.13. The Morgan fingerprint density at radius 2 is 1.89 bits per heavy atom. The molecule has 19 heavy (non-hydrogen) atoms.